The van der Waals surface area contributed by atoms with E-state index in [0.717, 1.165) is 11.5 Å². The second kappa shape index (κ2) is 8.58. The highest BCUT2D eigenvalue weighted by atomic mass is 16.3. The number of para-hydroxylation sites is 1. The molecule has 4 amide bonds. The van der Waals surface area contributed by atoms with Gasteiger partial charge in [-0.25, -0.2) is 14.8 Å². The number of aromatic nitrogens is 2. The number of imide groups is 1. The van der Waals surface area contributed by atoms with Crippen molar-refractivity contribution >= 4 is 23.7 Å². The lowest BCUT2D eigenvalue weighted by atomic mass is 10.1. The predicted molar refractivity (Wildman–Crippen MR) is 112 cm³/mol. The zero-order valence-electron chi connectivity index (χ0n) is 17.2. The number of carbonyl (C=O) groups excluding carboxylic acids is 3. The Kier molecular flexibility index (Phi) is 5.70. The molecule has 1 aromatic carbocycles. The second-order valence-corrected chi connectivity index (χ2v) is 7.63. The first-order valence-electron chi connectivity index (χ1n) is 10.2. The molecule has 10 heteroatoms. The number of carbonyl (C=O) groups is 3. The van der Waals surface area contributed by atoms with E-state index in [4.69, 9.17) is 0 Å². The molecule has 2 aliphatic heterocycles. The molecular formula is C21H24N6O4. The number of nitrogens with one attached hydrogen (secondary N) is 2. The van der Waals surface area contributed by atoms with Gasteiger partial charge in [-0.15, -0.1) is 0 Å². The molecule has 2 saturated heterocycles. The van der Waals surface area contributed by atoms with E-state index in [0.29, 0.717) is 37.6 Å². The maximum absolute atomic E-state index is 12.5. The topological polar surface area (TPSA) is 128 Å². The Morgan fingerprint density at radius 2 is 1.90 bits per heavy atom. The molecule has 2 aromatic rings. The van der Waals surface area contributed by atoms with Crippen molar-refractivity contribution < 1.29 is 19.5 Å². The number of aryl methyl sites for hydroxylation is 1. The summed E-state index contributed by atoms with van der Waals surface area (Å²) in [6.07, 6.45) is 0.480. The Labute approximate surface area is 179 Å². The maximum Gasteiger partial charge on any atom is 0.322 e. The first-order chi connectivity index (χ1) is 14.9. The third-order valence-electron chi connectivity index (χ3n) is 5.45. The summed E-state index contributed by atoms with van der Waals surface area (Å²) in [5.41, 5.74) is 1.36. The molecule has 4 rings (SSSR count). The maximum atomic E-state index is 12.5. The van der Waals surface area contributed by atoms with Crippen LogP contribution in [0.4, 0.5) is 10.6 Å². The normalized spacial score (nSPS) is 18.7. The molecule has 2 fully saturated rings. The van der Waals surface area contributed by atoms with Gasteiger partial charge in [0.2, 0.25) is 5.91 Å². The number of amides is 4. The summed E-state index contributed by atoms with van der Waals surface area (Å²) < 4.78 is 0. The van der Waals surface area contributed by atoms with Crippen molar-refractivity contribution in [1.29, 1.82) is 0 Å². The molecular weight excluding hydrogens is 400 g/mol. The van der Waals surface area contributed by atoms with Gasteiger partial charge in [-0.05, 0) is 25.5 Å². The van der Waals surface area contributed by atoms with Crippen LogP contribution in [0.25, 0.3) is 11.4 Å². The first-order valence-corrected chi connectivity index (χ1v) is 10.2. The van der Waals surface area contributed by atoms with E-state index in [9.17, 15) is 19.5 Å². The van der Waals surface area contributed by atoms with Crippen LogP contribution in [0, 0.1) is 6.92 Å². The molecule has 0 bridgehead atoms. The minimum absolute atomic E-state index is 0.0395. The first kappa shape index (κ1) is 20.6. The van der Waals surface area contributed by atoms with Gasteiger partial charge in [-0.1, -0.05) is 12.1 Å². The van der Waals surface area contributed by atoms with Gasteiger partial charge in [0.1, 0.15) is 17.6 Å². The lowest BCUT2D eigenvalue weighted by Crippen LogP contribution is -2.49. The zero-order valence-corrected chi connectivity index (χ0v) is 17.2. The summed E-state index contributed by atoms with van der Waals surface area (Å²) in [4.78, 5) is 48.2. The lowest BCUT2D eigenvalue weighted by molar-refractivity contribution is -0.131. The Morgan fingerprint density at radius 1 is 1.16 bits per heavy atom. The summed E-state index contributed by atoms with van der Waals surface area (Å²) in [5, 5.41) is 14.8. The molecule has 0 unspecified atom stereocenters. The van der Waals surface area contributed by atoms with E-state index in [1.165, 1.54) is 0 Å². The molecule has 162 valence electrons. The third kappa shape index (κ3) is 4.57. The average molecular weight is 424 g/mol. The van der Waals surface area contributed by atoms with Gasteiger partial charge in [0.05, 0.1) is 5.56 Å². The SMILES string of the molecule is Cc1cc(N2CCN(C(=O)CC[C@@H]3NC(=O)NC3=O)CC2)nc(-c2ccccc2O)n1. The monoisotopic (exact) mass is 424 g/mol. The van der Waals surface area contributed by atoms with Gasteiger partial charge in [0.15, 0.2) is 5.82 Å². The van der Waals surface area contributed by atoms with Crippen LogP contribution >= 0.6 is 0 Å². The Morgan fingerprint density at radius 3 is 2.58 bits per heavy atom. The van der Waals surface area contributed by atoms with Gasteiger partial charge >= 0.3 is 6.03 Å². The molecule has 0 aliphatic carbocycles. The number of phenols is 1. The summed E-state index contributed by atoms with van der Waals surface area (Å²) in [6.45, 7) is 4.19. The predicted octanol–water partition coefficient (Wildman–Crippen LogP) is 0.794. The van der Waals surface area contributed by atoms with Crippen LogP contribution < -0.4 is 15.5 Å². The van der Waals surface area contributed by atoms with Gasteiger partial charge in [-0.3, -0.25) is 14.9 Å². The van der Waals surface area contributed by atoms with E-state index in [1.807, 2.05) is 19.1 Å². The fourth-order valence-corrected chi connectivity index (χ4v) is 3.77. The summed E-state index contributed by atoms with van der Waals surface area (Å²) >= 11 is 0. The Hall–Kier alpha value is -3.69. The van der Waals surface area contributed by atoms with Gasteiger partial charge in [-0.2, -0.15) is 0 Å². The molecule has 2 aliphatic rings. The number of nitrogens with zero attached hydrogens (tertiary/aromatic N) is 4. The van der Waals surface area contributed by atoms with Crippen LogP contribution in [-0.4, -0.2) is 70.0 Å². The fraction of sp³-hybridized carbons (Fsp3) is 0.381. The molecule has 1 aromatic heterocycles. The van der Waals surface area contributed by atoms with Crippen molar-refractivity contribution in [2.75, 3.05) is 31.1 Å². The fourth-order valence-electron chi connectivity index (χ4n) is 3.77. The molecule has 10 nitrogen and oxygen atoms in total. The largest absolute Gasteiger partial charge is 0.507 e. The van der Waals surface area contributed by atoms with Crippen molar-refractivity contribution in [3.8, 4) is 17.1 Å². The van der Waals surface area contributed by atoms with Crippen LogP contribution in [0.2, 0.25) is 0 Å². The third-order valence-corrected chi connectivity index (χ3v) is 5.45. The standard InChI is InChI=1S/C21H24N6O4/c1-13-12-17(24-19(22-13)14-4-2-3-5-16(14)28)26-8-10-27(11-9-26)18(29)7-6-15-20(30)25-21(31)23-15/h2-5,12,15,28H,6-11H2,1H3,(H2,23,25,30,31)/t15-/m0/s1. The van der Waals surface area contributed by atoms with E-state index in [-0.39, 0.29) is 30.4 Å². The summed E-state index contributed by atoms with van der Waals surface area (Å²) in [7, 11) is 0. The molecule has 0 radical (unpaired) electrons. The van der Waals surface area contributed by atoms with Crippen LogP contribution in [0.3, 0.4) is 0 Å². The van der Waals surface area contributed by atoms with Crippen molar-refractivity contribution in [3.05, 3.63) is 36.0 Å². The number of anilines is 1. The smallest absolute Gasteiger partial charge is 0.322 e. The number of benzene rings is 1. The van der Waals surface area contributed by atoms with E-state index >= 15 is 0 Å². The highest BCUT2D eigenvalue weighted by Crippen LogP contribution is 2.28. The molecule has 31 heavy (non-hydrogen) atoms. The number of urea groups is 1. The number of phenolic OH excluding ortho intramolecular Hbond substituents is 1. The van der Waals surface area contributed by atoms with Crippen molar-refractivity contribution in [2.45, 2.75) is 25.8 Å². The molecule has 0 saturated carbocycles. The van der Waals surface area contributed by atoms with Crippen molar-refractivity contribution in [2.24, 2.45) is 0 Å². The molecule has 1 atom stereocenters. The van der Waals surface area contributed by atoms with Gasteiger partial charge < -0.3 is 20.2 Å². The van der Waals surface area contributed by atoms with E-state index < -0.39 is 12.1 Å². The minimum Gasteiger partial charge on any atom is -0.507 e. The van der Waals surface area contributed by atoms with Crippen LogP contribution in [0.15, 0.2) is 30.3 Å². The Bertz CT molecular complexity index is 1020. The second-order valence-electron chi connectivity index (χ2n) is 7.63. The Balaban J connectivity index is 1.36. The average Bonchev–Trinajstić information content (AvgIpc) is 3.09. The van der Waals surface area contributed by atoms with Crippen LogP contribution in [0.1, 0.15) is 18.5 Å². The molecule has 3 N–H and O–H groups in total. The van der Waals surface area contributed by atoms with Crippen LogP contribution in [-0.2, 0) is 9.59 Å². The number of rotatable bonds is 5. The number of hydrogen-bond acceptors (Lipinski definition) is 7. The summed E-state index contributed by atoms with van der Waals surface area (Å²) in [6, 6.07) is 7.68. The number of aromatic hydroxyl groups is 1. The minimum atomic E-state index is -0.644. The highest BCUT2D eigenvalue weighted by Gasteiger charge is 2.30. The van der Waals surface area contributed by atoms with Crippen LogP contribution in [0.5, 0.6) is 5.75 Å². The quantitative estimate of drug-likeness (QED) is 0.606. The number of hydrogen-bond donors (Lipinski definition) is 3. The van der Waals surface area contributed by atoms with Gasteiger partial charge in [0, 0.05) is 44.4 Å². The molecule has 3 heterocycles. The van der Waals surface area contributed by atoms with Gasteiger partial charge in [0.25, 0.3) is 5.91 Å². The zero-order chi connectivity index (χ0) is 22.0. The molecule has 0 spiro atoms. The van der Waals surface area contributed by atoms with E-state index in [1.54, 1.807) is 23.1 Å². The van der Waals surface area contributed by atoms with E-state index in [2.05, 4.69) is 25.5 Å². The highest BCUT2D eigenvalue weighted by molar-refractivity contribution is 6.04. The lowest BCUT2D eigenvalue weighted by Gasteiger charge is -2.35. The van der Waals surface area contributed by atoms with Crippen molar-refractivity contribution in [3.63, 3.8) is 0 Å². The summed E-state index contributed by atoms with van der Waals surface area (Å²) in [5.74, 6) is 0.914. The van der Waals surface area contributed by atoms with Crippen molar-refractivity contribution in [1.82, 2.24) is 25.5 Å². The number of piperazine rings is 1.